The zero-order chi connectivity index (χ0) is 14.5. The smallest absolute Gasteiger partial charge is 0.454 e. The highest BCUT2D eigenvalue weighted by molar-refractivity contribution is 6.03. The zero-order valence-corrected chi connectivity index (χ0v) is 9.82. The monoisotopic (exact) mass is 273 g/mol. The Labute approximate surface area is 106 Å². The number of para-hydroxylation sites is 1. The van der Waals surface area contributed by atoms with E-state index in [0.29, 0.717) is 5.69 Å². The molecule has 0 saturated carbocycles. The molecule has 0 aliphatic carbocycles. The molecule has 1 aromatic carbocycles. The summed E-state index contributed by atoms with van der Waals surface area (Å²) in [5.74, 6) is -3.21. The van der Waals surface area contributed by atoms with Crippen molar-refractivity contribution in [2.24, 2.45) is 0 Å². The van der Waals surface area contributed by atoms with Crippen molar-refractivity contribution in [3.8, 4) is 0 Å². The number of alkyl halides is 3. The van der Waals surface area contributed by atoms with Crippen LogP contribution in [0.5, 0.6) is 0 Å². The van der Waals surface area contributed by atoms with Gasteiger partial charge in [0.1, 0.15) is 5.70 Å². The summed E-state index contributed by atoms with van der Waals surface area (Å²) in [6.45, 7) is 0. The van der Waals surface area contributed by atoms with E-state index in [-0.39, 0.29) is 6.08 Å². The van der Waals surface area contributed by atoms with Gasteiger partial charge in [-0.3, -0.25) is 4.79 Å². The fourth-order valence-corrected chi connectivity index (χ4v) is 1.15. The van der Waals surface area contributed by atoms with Crippen LogP contribution in [-0.2, 0) is 14.3 Å². The number of methoxy groups -OCH3 is 1. The van der Waals surface area contributed by atoms with Crippen molar-refractivity contribution < 1.29 is 27.5 Å². The number of hydrogen-bond acceptors (Lipinski definition) is 4. The maximum atomic E-state index is 12.1. The SMILES string of the molecule is COC(=O)C(=CC(=O)C(F)(F)F)Nc1ccccc1. The average Bonchev–Trinajstić information content (AvgIpc) is 2.37. The Bertz CT molecular complexity index is 495. The Morgan fingerprint density at radius 1 is 1.21 bits per heavy atom. The van der Waals surface area contributed by atoms with Gasteiger partial charge in [-0.2, -0.15) is 13.2 Å². The number of allylic oxidation sites excluding steroid dienone is 1. The van der Waals surface area contributed by atoms with Crippen molar-refractivity contribution in [2.75, 3.05) is 12.4 Å². The van der Waals surface area contributed by atoms with E-state index in [1.807, 2.05) is 0 Å². The van der Waals surface area contributed by atoms with Crippen molar-refractivity contribution in [1.82, 2.24) is 0 Å². The van der Waals surface area contributed by atoms with E-state index in [2.05, 4.69) is 10.1 Å². The van der Waals surface area contributed by atoms with Crippen LogP contribution in [-0.4, -0.2) is 25.0 Å². The minimum absolute atomic E-state index is 0.166. The average molecular weight is 273 g/mol. The van der Waals surface area contributed by atoms with Crippen LogP contribution in [0.25, 0.3) is 0 Å². The van der Waals surface area contributed by atoms with Gasteiger partial charge in [-0.15, -0.1) is 0 Å². The highest BCUT2D eigenvalue weighted by Crippen LogP contribution is 2.18. The van der Waals surface area contributed by atoms with E-state index >= 15 is 0 Å². The van der Waals surface area contributed by atoms with Crippen molar-refractivity contribution in [3.63, 3.8) is 0 Å². The Balaban J connectivity index is 3.00. The second-order valence-electron chi connectivity index (χ2n) is 3.40. The molecule has 102 valence electrons. The Morgan fingerprint density at radius 3 is 2.26 bits per heavy atom. The number of carbonyl (C=O) groups excluding carboxylic acids is 2. The summed E-state index contributed by atoms with van der Waals surface area (Å²) in [7, 11) is 1.00. The number of carbonyl (C=O) groups is 2. The maximum Gasteiger partial charge on any atom is 0.454 e. The van der Waals surface area contributed by atoms with Crippen molar-refractivity contribution in [1.29, 1.82) is 0 Å². The van der Waals surface area contributed by atoms with Crippen molar-refractivity contribution in [2.45, 2.75) is 6.18 Å². The number of hydrogen-bond donors (Lipinski definition) is 1. The van der Waals surface area contributed by atoms with Gasteiger partial charge in [-0.05, 0) is 12.1 Å². The summed E-state index contributed by atoms with van der Waals surface area (Å²) in [5, 5.41) is 2.40. The van der Waals surface area contributed by atoms with Crippen molar-refractivity contribution in [3.05, 3.63) is 42.1 Å². The predicted molar refractivity (Wildman–Crippen MR) is 61.2 cm³/mol. The molecule has 0 amide bonds. The molecule has 1 aromatic rings. The molecule has 7 heteroatoms. The van der Waals surface area contributed by atoms with Gasteiger partial charge in [0.05, 0.1) is 7.11 Å². The summed E-state index contributed by atoms with van der Waals surface area (Å²) in [5.41, 5.74) is -0.231. The molecule has 1 rings (SSSR count). The molecule has 0 spiro atoms. The third-order valence-corrected chi connectivity index (χ3v) is 2.01. The van der Waals surface area contributed by atoms with Crippen LogP contribution in [0.2, 0.25) is 0 Å². The predicted octanol–water partition coefficient (Wildman–Crippen LogP) is 2.29. The molecule has 0 heterocycles. The van der Waals surface area contributed by atoms with E-state index in [9.17, 15) is 22.8 Å². The summed E-state index contributed by atoms with van der Waals surface area (Å²) in [4.78, 5) is 22.1. The molecule has 0 saturated heterocycles. The van der Waals surface area contributed by atoms with E-state index in [4.69, 9.17) is 0 Å². The van der Waals surface area contributed by atoms with Crippen LogP contribution < -0.4 is 5.32 Å². The maximum absolute atomic E-state index is 12.1. The standard InChI is InChI=1S/C12H10F3NO3/c1-19-11(18)9(7-10(17)12(13,14)15)16-8-5-3-2-4-6-8/h2-7,16H,1H3. The lowest BCUT2D eigenvalue weighted by molar-refractivity contribution is -0.165. The Kier molecular flexibility index (Phi) is 4.68. The number of halogens is 3. The van der Waals surface area contributed by atoms with Crippen LogP contribution in [0.1, 0.15) is 0 Å². The van der Waals surface area contributed by atoms with E-state index in [0.717, 1.165) is 7.11 Å². The summed E-state index contributed by atoms with van der Waals surface area (Å²) >= 11 is 0. The molecule has 0 bridgehead atoms. The lowest BCUT2D eigenvalue weighted by Crippen LogP contribution is -2.23. The number of benzene rings is 1. The number of anilines is 1. The summed E-state index contributed by atoms with van der Waals surface area (Å²) in [6, 6.07) is 7.96. The van der Waals surface area contributed by atoms with Gasteiger partial charge in [0.25, 0.3) is 5.78 Å². The van der Waals surface area contributed by atoms with Gasteiger partial charge in [-0.1, -0.05) is 18.2 Å². The minimum Gasteiger partial charge on any atom is -0.464 e. The van der Waals surface area contributed by atoms with Crippen molar-refractivity contribution >= 4 is 17.4 Å². The third-order valence-electron chi connectivity index (χ3n) is 2.01. The number of rotatable bonds is 4. The molecule has 0 aliphatic heterocycles. The Hall–Kier alpha value is -2.31. The topological polar surface area (TPSA) is 55.4 Å². The first kappa shape index (κ1) is 14.7. The molecule has 0 fully saturated rings. The lowest BCUT2D eigenvalue weighted by atomic mass is 10.2. The van der Waals surface area contributed by atoms with E-state index < -0.39 is 23.6 Å². The van der Waals surface area contributed by atoms with E-state index in [1.165, 1.54) is 12.1 Å². The largest absolute Gasteiger partial charge is 0.464 e. The molecule has 0 aliphatic rings. The zero-order valence-electron chi connectivity index (χ0n) is 9.82. The minimum atomic E-state index is -5.04. The van der Waals surface area contributed by atoms with Crippen LogP contribution in [0.3, 0.4) is 0 Å². The van der Waals surface area contributed by atoms with Gasteiger partial charge in [0, 0.05) is 11.8 Å². The van der Waals surface area contributed by atoms with E-state index in [1.54, 1.807) is 18.2 Å². The van der Waals surface area contributed by atoms with Gasteiger partial charge in [-0.25, -0.2) is 4.79 Å². The highest BCUT2D eigenvalue weighted by atomic mass is 19.4. The molecule has 0 unspecified atom stereocenters. The fraction of sp³-hybridized carbons (Fsp3) is 0.167. The molecule has 19 heavy (non-hydrogen) atoms. The quantitative estimate of drug-likeness (QED) is 0.675. The molecule has 0 aromatic heterocycles. The first-order valence-electron chi connectivity index (χ1n) is 5.08. The van der Waals surface area contributed by atoms with Crippen LogP contribution in [0.15, 0.2) is 42.1 Å². The second kappa shape index (κ2) is 6.03. The van der Waals surface area contributed by atoms with Crippen LogP contribution >= 0.6 is 0 Å². The lowest BCUT2D eigenvalue weighted by Gasteiger charge is -2.09. The third kappa shape index (κ3) is 4.46. The van der Waals surface area contributed by atoms with Gasteiger partial charge in [0.2, 0.25) is 0 Å². The van der Waals surface area contributed by atoms with Crippen LogP contribution in [0, 0.1) is 0 Å². The second-order valence-corrected chi connectivity index (χ2v) is 3.40. The van der Waals surface area contributed by atoms with Gasteiger partial charge >= 0.3 is 12.1 Å². The fourth-order valence-electron chi connectivity index (χ4n) is 1.15. The van der Waals surface area contributed by atoms with Crippen LogP contribution in [0.4, 0.5) is 18.9 Å². The highest BCUT2D eigenvalue weighted by Gasteiger charge is 2.37. The molecule has 4 nitrogen and oxygen atoms in total. The molecular formula is C12H10F3NO3. The van der Waals surface area contributed by atoms with Gasteiger partial charge in [0.15, 0.2) is 0 Å². The molecule has 0 radical (unpaired) electrons. The summed E-state index contributed by atoms with van der Waals surface area (Å²) < 4.78 is 40.7. The number of esters is 1. The molecule has 1 N–H and O–H groups in total. The number of ketones is 1. The number of nitrogens with one attached hydrogen (secondary N) is 1. The molecular weight excluding hydrogens is 263 g/mol. The normalized spacial score (nSPS) is 11.9. The Morgan fingerprint density at radius 2 is 1.79 bits per heavy atom. The first-order valence-corrected chi connectivity index (χ1v) is 5.08. The number of ether oxygens (including phenoxy) is 1. The summed E-state index contributed by atoms with van der Waals surface area (Å²) in [6.07, 6.45) is -4.88. The van der Waals surface area contributed by atoms with Gasteiger partial charge < -0.3 is 10.1 Å². The molecule has 0 atom stereocenters. The first-order chi connectivity index (χ1) is 8.84.